The number of carbonyl (C=O) groups excluding carboxylic acids is 2. The van der Waals surface area contributed by atoms with Crippen LogP contribution in [0.5, 0.6) is 17.2 Å². The van der Waals surface area contributed by atoms with Gasteiger partial charge >= 0.3 is 5.97 Å². The Morgan fingerprint density at radius 2 is 1.80 bits per heavy atom. The first kappa shape index (κ1) is 28.9. The molecule has 4 atom stereocenters. The number of aromatic nitrogens is 1. The van der Waals surface area contributed by atoms with Gasteiger partial charge in [-0.05, 0) is 56.7 Å². The van der Waals surface area contributed by atoms with E-state index in [1.54, 1.807) is 6.92 Å². The number of rotatable bonds is 10. The summed E-state index contributed by atoms with van der Waals surface area (Å²) in [6, 6.07) is 20.2. The van der Waals surface area contributed by atoms with E-state index >= 15 is 0 Å². The predicted octanol–water partition coefficient (Wildman–Crippen LogP) is 4.48. The molecule has 9 nitrogen and oxygen atoms in total. The zero-order valence-corrected chi connectivity index (χ0v) is 22.8. The van der Waals surface area contributed by atoms with Gasteiger partial charge in [0, 0.05) is 18.9 Å². The van der Waals surface area contributed by atoms with Crippen molar-refractivity contribution < 1.29 is 33.6 Å². The maximum Gasteiger partial charge on any atom is 0.329 e. The largest absolute Gasteiger partial charge is 0.503 e. The molecule has 0 spiro atoms. The standard InChI is InChI=1S/C31H36N2O7/c1-21-29(38-20-10-13-22-11-5-3-6-12-22)26(40-23-14-7-4-8-15-23)17-9-16-24(31(36)39-21)33-30(35)27-28(34)25(37-2)18-19-32-27/h3-8,11-12,14-15,18-19,21,24,26,29,34H,9-10,13,16-17,20H2,1-2H3,(H,33,35)/t21-,24-,26-,29-/m0/s1. The van der Waals surface area contributed by atoms with Crippen LogP contribution in [0.25, 0.3) is 0 Å². The molecule has 3 aromatic rings. The minimum Gasteiger partial charge on any atom is -0.503 e. The quantitative estimate of drug-likeness (QED) is 0.282. The van der Waals surface area contributed by atoms with Gasteiger partial charge in [-0.1, -0.05) is 48.5 Å². The maximum absolute atomic E-state index is 13.2. The molecule has 1 saturated heterocycles. The van der Waals surface area contributed by atoms with Crippen molar-refractivity contribution in [2.24, 2.45) is 0 Å². The molecule has 9 heteroatoms. The Balaban J connectivity index is 1.46. The molecule has 0 saturated carbocycles. The summed E-state index contributed by atoms with van der Waals surface area (Å²) in [6.45, 7) is 2.25. The van der Waals surface area contributed by atoms with E-state index in [1.165, 1.54) is 24.9 Å². The minimum absolute atomic E-state index is 0.110. The lowest BCUT2D eigenvalue weighted by Crippen LogP contribution is -2.46. The van der Waals surface area contributed by atoms with Gasteiger partial charge in [0.2, 0.25) is 0 Å². The second kappa shape index (κ2) is 14.3. The van der Waals surface area contributed by atoms with E-state index in [1.807, 2.05) is 48.5 Å². The fraction of sp³-hybridized carbons (Fsp3) is 0.387. The van der Waals surface area contributed by atoms with Crippen molar-refractivity contribution in [2.75, 3.05) is 13.7 Å². The van der Waals surface area contributed by atoms with Gasteiger partial charge in [0.1, 0.15) is 30.1 Å². The number of aryl methyl sites for hydroxylation is 1. The van der Waals surface area contributed by atoms with Crippen molar-refractivity contribution in [3.8, 4) is 17.2 Å². The summed E-state index contributed by atoms with van der Waals surface area (Å²) in [6.07, 6.45) is 2.94. The zero-order valence-electron chi connectivity index (χ0n) is 22.8. The maximum atomic E-state index is 13.2. The monoisotopic (exact) mass is 548 g/mol. The Labute approximate surface area is 234 Å². The Kier molecular flexibility index (Phi) is 10.3. The van der Waals surface area contributed by atoms with E-state index in [2.05, 4.69) is 22.4 Å². The number of ether oxygens (including phenoxy) is 4. The average Bonchev–Trinajstić information content (AvgIpc) is 3.01. The molecule has 1 aliphatic heterocycles. The van der Waals surface area contributed by atoms with Crippen molar-refractivity contribution in [1.82, 2.24) is 10.3 Å². The highest BCUT2D eigenvalue weighted by atomic mass is 16.6. The number of amides is 1. The second-order valence-corrected chi connectivity index (χ2v) is 9.70. The number of aromatic hydroxyl groups is 1. The molecular weight excluding hydrogens is 512 g/mol. The molecule has 0 aliphatic carbocycles. The molecule has 0 bridgehead atoms. The van der Waals surface area contributed by atoms with Crippen LogP contribution in [0.15, 0.2) is 72.9 Å². The Morgan fingerprint density at radius 1 is 1.07 bits per heavy atom. The van der Waals surface area contributed by atoms with E-state index in [9.17, 15) is 14.7 Å². The molecule has 2 heterocycles. The first-order chi connectivity index (χ1) is 19.5. The van der Waals surface area contributed by atoms with Crippen molar-refractivity contribution >= 4 is 11.9 Å². The third kappa shape index (κ3) is 7.72. The number of cyclic esters (lactones) is 1. The molecule has 0 unspecified atom stereocenters. The number of hydrogen-bond acceptors (Lipinski definition) is 8. The summed E-state index contributed by atoms with van der Waals surface area (Å²) >= 11 is 0. The molecule has 2 N–H and O–H groups in total. The first-order valence-corrected chi connectivity index (χ1v) is 13.6. The van der Waals surface area contributed by atoms with Gasteiger partial charge in [-0.15, -0.1) is 0 Å². The fourth-order valence-corrected chi connectivity index (χ4v) is 4.75. The predicted molar refractivity (Wildman–Crippen MR) is 148 cm³/mol. The van der Waals surface area contributed by atoms with E-state index in [0.717, 1.165) is 12.8 Å². The number of pyridine rings is 1. The van der Waals surface area contributed by atoms with E-state index < -0.39 is 35.9 Å². The van der Waals surface area contributed by atoms with Gasteiger partial charge in [0.05, 0.1) is 7.11 Å². The Hall–Kier alpha value is -4.11. The van der Waals surface area contributed by atoms with Crippen LogP contribution >= 0.6 is 0 Å². The van der Waals surface area contributed by atoms with Crippen LogP contribution in [0.2, 0.25) is 0 Å². The Bertz CT molecular complexity index is 1240. The second-order valence-electron chi connectivity index (χ2n) is 9.70. The number of methoxy groups -OCH3 is 1. The van der Waals surface area contributed by atoms with Gasteiger partial charge in [0.15, 0.2) is 17.2 Å². The normalized spacial score (nSPS) is 21.3. The van der Waals surface area contributed by atoms with Gasteiger partial charge in [-0.2, -0.15) is 0 Å². The van der Waals surface area contributed by atoms with E-state index in [-0.39, 0.29) is 17.5 Å². The summed E-state index contributed by atoms with van der Waals surface area (Å²) in [5.41, 5.74) is 0.997. The molecule has 40 heavy (non-hydrogen) atoms. The lowest BCUT2D eigenvalue weighted by molar-refractivity contribution is -0.163. The van der Waals surface area contributed by atoms with Crippen LogP contribution in [0.3, 0.4) is 0 Å². The molecule has 1 aliphatic rings. The van der Waals surface area contributed by atoms with Crippen LogP contribution in [0.4, 0.5) is 0 Å². The number of hydrogen-bond donors (Lipinski definition) is 2. The fourth-order valence-electron chi connectivity index (χ4n) is 4.75. The van der Waals surface area contributed by atoms with Crippen LogP contribution in [0, 0.1) is 0 Å². The average molecular weight is 549 g/mol. The molecule has 1 amide bonds. The van der Waals surface area contributed by atoms with Crippen LogP contribution in [-0.4, -0.2) is 60.0 Å². The zero-order chi connectivity index (χ0) is 28.3. The number of carbonyl (C=O) groups is 2. The van der Waals surface area contributed by atoms with Crippen molar-refractivity contribution in [3.05, 3.63) is 84.2 Å². The third-order valence-electron chi connectivity index (χ3n) is 6.82. The highest BCUT2D eigenvalue weighted by molar-refractivity contribution is 5.97. The van der Waals surface area contributed by atoms with E-state index in [4.69, 9.17) is 18.9 Å². The molecule has 1 fully saturated rings. The topological polar surface area (TPSA) is 116 Å². The van der Waals surface area contributed by atoms with Gasteiger partial charge in [-0.3, -0.25) is 4.79 Å². The summed E-state index contributed by atoms with van der Waals surface area (Å²) in [7, 11) is 1.38. The van der Waals surface area contributed by atoms with Gasteiger partial charge < -0.3 is 29.4 Å². The lowest BCUT2D eigenvalue weighted by atomic mass is 10.0. The molecule has 0 radical (unpaired) electrons. The molecule has 212 valence electrons. The molecule has 1 aromatic heterocycles. The van der Waals surface area contributed by atoms with Crippen molar-refractivity contribution in [1.29, 1.82) is 0 Å². The van der Waals surface area contributed by atoms with E-state index in [0.29, 0.717) is 31.6 Å². The summed E-state index contributed by atoms with van der Waals surface area (Å²) < 4.78 is 23.6. The SMILES string of the molecule is COc1ccnc(C(=O)N[C@H]2CCC[C@H](Oc3ccccc3)[C@@H](OCCCc3ccccc3)[C@H](C)OC2=O)c1O. The molecular formula is C31H36N2O7. The number of nitrogens with zero attached hydrogens (tertiary/aromatic N) is 1. The smallest absolute Gasteiger partial charge is 0.329 e. The van der Waals surface area contributed by atoms with Crippen molar-refractivity contribution in [3.63, 3.8) is 0 Å². The summed E-state index contributed by atoms with van der Waals surface area (Å²) in [5, 5.41) is 13.0. The number of nitrogens with one attached hydrogen (secondary N) is 1. The van der Waals surface area contributed by atoms with Gasteiger partial charge in [-0.25, -0.2) is 9.78 Å². The van der Waals surface area contributed by atoms with Crippen LogP contribution < -0.4 is 14.8 Å². The number of esters is 1. The molecule has 2 aromatic carbocycles. The third-order valence-corrected chi connectivity index (χ3v) is 6.82. The number of para-hydroxylation sites is 1. The molecule has 4 rings (SSSR count). The highest BCUT2D eigenvalue weighted by Crippen LogP contribution is 2.28. The highest BCUT2D eigenvalue weighted by Gasteiger charge is 2.36. The summed E-state index contributed by atoms with van der Waals surface area (Å²) in [4.78, 5) is 30.1. The minimum atomic E-state index is -0.934. The first-order valence-electron chi connectivity index (χ1n) is 13.6. The number of benzene rings is 2. The summed E-state index contributed by atoms with van der Waals surface area (Å²) in [5.74, 6) is -0.864. The Morgan fingerprint density at radius 3 is 2.52 bits per heavy atom. The van der Waals surface area contributed by atoms with Gasteiger partial charge in [0.25, 0.3) is 5.91 Å². The van der Waals surface area contributed by atoms with Crippen molar-refractivity contribution in [2.45, 2.75) is 63.4 Å². The van der Waals surface area contributed by atoms with Crippen LogP contribution in [-0.2, 0) is 20.7 Å². The van der Waals surface area contributed by atoms with Crippen LogP contribution in [0.1, 0.15) is 48.7 Å². The lowest BCUT2D eigenvalue weighted by Gasteiger charge is -2.31.